The molecule has 0 radical (unpaired) electrons. The van der Waals surface area contributed by atoms with Crippen molar-refractivity contribution < 1.29 is 19.1 Å². The summed E-state index contributed by atoms with van der Waals surface area (Å²) in [6.45, 7) is 1.39. The monoisotopic (exact) mass is 383 g/mol. The van der Waals surface area contributed by atoms with Gasteiger partial charge in [-0.1, -0.05) is 18.2 Å². The SMILES string of the molecule is COC(=O)C(C(=O)OC)C1CCN(CCc2c[nH]c3ccccc23)C(C#N)C1. The van der Waals surface area contributed by atoms with Crippen LogP contribution in [0, 0.1) is 23.2 Å². The number of nitrogens with one attached hydrogen (secondary N) is 1. The summed E-state index contributed by atoms with van der Waals surface area (Å²) in [6, 6.07) is 10.1. The average molecular weight is 383 g/mol. The summed E-state index contributed by atoms with van der Waals surface area (Å²) >= 11 is 0. The summed E-state index contributed by atoms with van der Waals surface area (Å²) in [5, 5.41) is 10.8. The van der Waals surface area contributed by atoms with Crippen LogP contribution in [0.15, 0.2) is 30.5 Å². The van der Waals surface area contributed by atoms with E-state index in [1.54, 1.807) is 0 Å². The minimum Gasteiger partial charge on any atom is -0.468 e. The van der Waals surface area contributed by atoms with E-state index in [9.17, 15) is 14.9 Å². The van der Waals surface area contributed by atoms with Gasteiger partial charge in [0.25, 0.3) is 0 Å². The predicted octanol–water partition coefficient (Wildman–Crippen LogP) is 2.28. The number of aromatic nitrogens is 1. The van der Waals surface area contributed by atoms with Gasteiger partial charge in [-0.2, -0.15) is 5.26 Å². The molecule has 1 aliphatic heterocycles. The van der Waals surface area contributed by atoms with Gasteiger partial charge in [-0.05, 0) is 43.4 Å². The lowest BCUT2D eigenvalue weighted by molar-refractivity contribution is -0.162. The van der Waals surface area contributed by atoms with Gasteiger partial charge in [0.15, 0.2) is 5.92 Å². The summed E-state index contributed by atoms with van der Waals surface area (Å²) in [5.74, 6) is -2.42. The summed E-state index contributed by atoms with van der Waals surface area (Å²) in [7, 11) is 2.52. The highest BCUT2D eigenvalue weighted by Gasteiger charge is 2.41. The fraction of sp³-hybridized carbons (Fsp3) is 0.476. The number of H-pyrrole nitrogens is 1. The zero-order chi connectivity index (χ0) is 20.1. The zero-order valence-corrected chi connectivity index (χ0v) is 16.2. The first kappa shape index (κ1) is 19.9. The summed E-state index contributed by atoms with van der Waals surface area (Å²) in [5.41, 5.74) is 2.32. The highest BCUT2D eigenvalue weighted by atomic mass is 16.5. The van der Waals surface area contributed by atoms with Crippen LogP contribution in [0.2, 0.25) is 0 Å². The van der Waals surface area contributed by atoms with Crippen molar-refractivity contribution in [3.05, 3.63) is 36.0 Å². The van der Waals surface area contributed by atoms with Gasteiger partial charge in [0, 0.05) is 23.6 Å². The van der Waals surface area contributed by atoms with E-state index in [2.05, 4.69) is 22.0 Å². The van der Waals surface area contributed by atoms with Crippen molar-refractivity contribution in [2.75, 3.05) is 27.3 Å². The molecule has 7 nitrogen and oxygen atoms in total. The number of para-hydroxylation sites is 1. The smallest absolute Gasteiger partial charge is 0.320 e. The number of methoxy groups -OCH3 is 2. The van der Waals surface area contributed by atoms with Crippen LogP contribution >= 0.6 is 0 Å². The second-order valence-electron chi connectivity index (χ2n) is 7.10. The maximum atomic E-state index is 12.1. The zero-order valence-electron chi connectivity index (χ0n) is 16.2. The lowest BCUT2D eigenvalue weighted by Crippen LogP contribution is -2.47. The molecule has 2 unspecified atom stereocenters. The Morgan fingerprint density at radius 2 is 2.00 bits per heavy atom. The van der Waals surface area contributed by atoms with Gasteiger partial charge in [-0.25, -0.2) is 0 Å². The molecule has 1 N–H and O–H groups in total. The van der Waals surface area contributed by atoms with Gasteiger partial charge in [0.1, 0.15) is 0 Å². The van der Waals surface area contributed by atoms with Gasteiger partial charge >= 0.3 is 11.9 Å². The number of aromatic amines is 1. The van der Waals surface area contributed by atoms with Crippen LogP contribution in [0.25, 0.3) is 10.9 Å². The van der Waals surface area contributed by atoms with Crippen molar-refractivity contribution in [2.45, 2.75) is 25.3 Å². The molecule has 2 atom stereocenters. The van der Waals surface area contributed by atoms with Crippen LogP contribution in [0.4, 0.5) is 0 Å². The second kappa shape index (κ2) is 8.89. The molecule has 1 aromatic heterocycles. The Hall–Kier alpha value is -2.85. The number of rotatable bonds is 6. The lowest BCUT2D eigenvalue weighted by atomic mass is 9.81. The minimum atomic E-state index is -0.971. The number of hydrogen-bond donors (Lipinski definition) is 1. The molecule has 3 rings (SSSR count). The third-order valence-electron chi connectivity index (χ3n) is 5.63. The van der Waals surface area contributed by atoms with E-state index in [-0.39, 0.29) is 12.0 Å². The molecule has 0 saturated carbocycles. The van der Waals surface area contributed by atoms with Gasteiger partial charge < -0.3 is 14.5 Å². The third kappa shape index (κ3) is 4.02. The highest BCUT2D eigenvalue weighted by Crippen LogP contribution is 2.31. The maximum absolute atomic E-state index is 12.1. The number of benzene rings is 1. The summed E-state index contributed by atoms with van der Waals surface area (Å²) in [6.07, 6.45) is 3.92. The van der Waals surface area contributed by atoms with E-state index in [1.165, 1.54) is 25.2 Å². The Morgan fingerprint density at radius 1 is 1.29 bits per heavy atom. The van der Waals surface area contributed by atoms with Crippen molar-refractivity contribution in [1.29, 1.82) is 5.26 Å². The molecular formula is C21H25N3O4. The largest absolute Gasteiger partial charge is 0.468 e. The molecule has 148 valence electrons. The predicted molar refractivity (Wildman–Crippen MR) is 103 cm³/mol. The number of likely N-dealkylation sites (tertiary alicyclic amines) is 1. The van der Waals surface area contributed by atoms with Gasteiger partial charge in [-0.15, -0.1) is 0 Å². The molecule has 2 aromatic rings. The highest BCUT2D eigenvalue weighted by molar-refractivity contribution is 5.95. The second-order valence-corrected chi connectivity index (χ2v) is 7.10. The van der Waals surface area contributed by atoms with E-state index in [1.807, 2.05) is 24.4 Å². The van der Waals surface area contributed by atoms with E-state index >= 15 is 0 Å². The minimum absolute atomic E-state index is 0.256. The fourth-order valence-corrected chi connectivity index (χ4v) is 4.08. The average Bonchev–Trinajstić information content (AvgIpc) is 3.15. The van der Waals surface area contributed by atoms with Gasteiger partial charge in [-0.3, -0.25) is 14.5 Å². The number of esters is 2. The first-order chi connectivity index (χ1) is 13.6. The molecule has 1 saturated heterocycles. The third-order valence-corrected chi connectivity index (χ3v) is 5.63. The van der Waals surface area contributed by atoms with Gasteiger partial charge in [0.05, 0.1) is 26.3 Å². The fourth-order valence-electron chi connectivity index (χ4n) is 4.08. The first-order valence-electron chi connectivity index (χ1n) is 9.43. The number of fused-ring (bicyclic) bond motifs is 1. The van der Waals surface area contributed by atoms with E-state index in [0.717, 1.165) is 18.5 Å². The molecule has 1 aromatic carbocycles. The molecule has 0 amide bonds. The number of nitrogens with zero attached hydrogens (tertiary/aromatic N) is 2. The van der Waals surface area contributed by atoms with Crippen molar-refractivity contribution in [3.8, 4) is 6.07 Å². The lowest BCUT2D eigenvalue weighted by Gasteiger charge is -2.37. The summed E-state index contributed by atoms with van der Waals surface area (Å²) in [4.78, 5) is 29.5. The van der Waals surface area contributed by atoms with Crippen molar-refractivity contribution in [3.63, 3.8) is 0 Å². The van der Waals surface area contributed by atoms with Crippen LogP contribution in [0.1, 0.15) is 18.4 Å². The molecule has 0 aliphatic carbocycles. The van der Waals surface area contributed by atoms with Crippen LogP contribution in [-0.4, -0.2) is 55.2 Å². The molecule has 0 spiro atoms. The van der Waals surface area contributed by atoms with Crippen molar-refractivity contribution >= 4 is 22.8 Å². The summed E-state index contributed by atoms with van der Waals surface area (Å²) < 4.78 is 9.56. The van der Waals surface area contributed by atoms with E-state index < -0.39 is 17.9 Å². The number of piperidine rings is 1. The standard InChI is InChI=1S/C21H25N3O4/c1-27-20(25)19(21(26)28-2)14-7-9-24(16(11-14)12-22)10-8-15-13-23-18-6-4-3-5-17(15)18/h3-6,13-14,16,19,23H,7-11H2,1-2H3. The van der Waals surface area contributed by atoms with Crippen molar-refractivity contribution in [1.82, 2.24) is 9.88 Å². The number of carbonyl (C=O) groups is 2. The number of hydrogen-bond acceptors (Lipinski definition) is 6. The van der Waals surface area contributed by atoms with Crippen LogP contribution in [-0.2, 0) is 25.5 Å². The van der Waals surface area contributed by atoms with Crippen LogP contribution in [0.5, 0.6) is 0 Å². The number of ether oxygens (including phenoxy) is 2. The molecule has 28 heavy (non-hydrogen) atoms. The molecule has 1 fully saturated rings. The van der Waals surface area contributed by atoms with Crippen molar-refractivity contribution in [2.24, 2.45) is 11.8 Å². The van der Waals surface area contributed by atoms with Crippen LogP contribution < -0.4 is 0 Å². The molecule has 7 heteroatoms. The maximum Gasteiger partial charge on any atom is 0.320 e. The number of carbonyl (C=O) groups excluding carboxylic acids is 2. The normalized spacial score (nSPS) is 20.1. The molecule has 0 bridgehead atoms. The van der Waals surface area contributed by atoms with Crippen LogP contribution in [0.3, 0.4) is 0 Å². The van der Waals surface area contributed by atoms with Gasteiger partial charge in [0.2, 0.25) is 0 Å². The Kier molecular flexibility index (Phi) is 6.32. The Morgan fingerprint density at radius 3 is 2.68 bits per heavy atom. The Balaban J connectivity index is 1.66. The Bertz CT molecular complexity index is 869. The van der Waals surface area contributed by atoms with E-state index in [0.29, 0.717) is 19.4 Å². The number of nitriles is 1. The topological polar surface area (TPSA) is 95.4 Å². The molecule has 1 aliphatic rings. The Labute approximate surface area is 164 Å². The quantitative estimate of drug-likeness (QED) is 0.607. The molecule has 2 heterocycles. The molecular weight excluding hydrogens is 358 g/mol. The van der Waals surface area contributed by atoms with E-state index in [4.69, 9.17) is 9.47 Å². The first-order valence-corrected chi connectivity index (χ1v) is 9.43.